The summed E-state index contributed by atoms with van der Waals surface area (Å²) >= 11 is 0. The standard InChI is InChI=1S/C27H29N3O8S/c1-17-10-11-18(27(2,3)4)14-24(17)39(35,36)29-21-9-7-6-8-20(21)26(32)38-16-25(31)28-22-13-12-19(30(33)34)15-23(22)37-5/h6-15,29H,16H2,1-5H3,(H,28,31). The number of para-hydroxylation sites is 1. The van der Waals surface area contributed by atoms with Crippen LogP contribution in [-0.4, -0.2) is 38.9 Å². The van der Waals surface area contributed by atoms with Crippen LogP contribution in [0, 0.1) is 17.0 Å². The van der Waals surface area contributed by atoms with Crippen molar-refractivity contribution in [1.82, 2.24) is 0 Å². The molecule has 0 aromatic heterocycles. The van der Waals surface area contributed by atoms with Gasteiger partial charge in [0.2, 0.25) is 0 Å². The van der Waals surface area contributed by atoms with Crippen molar-refractivity contribution < 1.29 is 32.4 Å². The third-order valence-corrected chi connectivity index (χ3v) is 7.25. The predicted octanol–water partition coefficient (Wildman–Crippen LogP) is 4.81. The van der Waals surface area contributed by atoms with Crippen molar-refractivity contribution in [3.63, 3.8) is 0 Å². The van der Waals surface area contributed by atoms with Crippen molar-refractivity contribution in [2.75, 3.05) is 23.8 Å². The van der Waals surface area contributed by atoms with Crippen LogP contribution in [0.1, 0.15) is 42.3 Å². The molecular weight excluding hydrogens is 526 g/mol. The molecule has 3 aromatic rings. The molecule has 3 aromatic carbocycles. The van der Waals surface area contributed by atoms with Gasteiger partial charge in [-0.1, -0.05) is 45.0 Å². The molecule has 11 nitrogen and oxygen atoms in total. The largest absolute Gasteiger partial charge is 0.494 e. The second-order valence-electron chi connectivity index (χ2n) is 9.65. The Hall–Kier alpha value is -4.45. The highest BCUT2D eigenvalue weighted by Gasteiger charge is 2.24. The van der Waals surface area contributed by atoms with Gasteiger partial charge in [0, 0.05) is 6.07 Å². The number of non-ortho nitro benzene ring substituents is 1. The smallest absolute Gasteiger partial charge is 0.340 e. The number of benzene rings is 3. The zero-order valence-electron chi connectivity index (χ0n) is 22.1. The number of anilines is 2. The van der Waals surface area contributed by atoms with Crippen LogP contribution in [0.25, 0.3) is 0 Å². The number of methoxy groups -OCH3 is 1. The summed E-state index contributed by atoms with van der Waals surface area (Å²) in [5, 5.41) is 13.4. The Labute approximate surface area is 226 Å². The molecule has 39 heavy (non-hydrogen) atoms. The van der Waals surface area contributed by atoms with Crippen LogP contribution in [-0.2, 0) is 25.0 Å². The minimum Gasteiger partial charge on any atom is -0.494 e. The molecule has 0 aliphatic carbocycles. The monoisotopic (exact) mass is 555 g/mol. The molecule has 0 atom stereocenters. The van der Waals surface area contributed by atoms with Gasteiger partial charge in [0.25, 0.3) is 21.6 Å². The lowest BCUT2D eigenvalue weighted by molar-refractivity contribution is -0.384. The van der Waals surface area contributed by atoms with E-state index in [0.717, 1.165) is 11.6 Å². The maximum atomic E-state index is 13.3. The first kappa shape index (κ1) is 29.1. The van der Waals surface area contributed by atoms with E-state index in [-0.39, 0.29) is 38.7 Å². The quantitative estimate of drug-likeness (QED) is 0.217. The Morgan fingerprint density at radius 3 is 2.33 bits per heavy atom. The third-order valence-electron chi connectivity index (χ3n) is 5.74. The van der Waals surface area contributed by atoms with Gasteiger partial charge < -0.3 is 14.8 Å². The number of hydrogen-bond acceptors (Lipinski definition) is 8. The van der Waals surface area contributed by atoms with Crippen LogP contribution >= 0.6 is 0 Å². The lowest BCUT2D eigenvalue weighted by Crippen LogP contribution is -2.22. The molecule has 0 aliphatic heterocycles. The van der Waals surface area contributed by atoms with Crippen molar-refractivity contribution in [2.45, 2.75) is 38.0 Å². The number of nitrogens with one attached hydrogen (secondary N) is 2. The number of rotatable bonds is 9. The van der Waals surface area contributed by atoms with E-state index in [2.05, 4.69) is 10.0 Å². The summed E-state index contributed by atoms with van der Waals surface area (Å²) in [7, 11) is -2.79. The maximum absolute atomic E-state index is 13.3. The Balaban J connectivity index is 1.75. The highest BCUT2D eigenvalue weighted by Crippen LogP contribution is 2.30. The number of nitro groups is 1. The molecule has 0 aliphatic rings. The normalized spacial score (nSPS) is 11.4. The maximum Gasteiger partial charge on any atom is 0.340 e. The summed E-state index contributed by atoms with van der Waals surface area (Å²) in [4.78, 5) is 35.6. The number of nitrogens with zero attached hydrogens (tertiary/aromatic N) is 1. The van der Waals surface area contributed by atoms with E-state index in [9.17, 15) is 28.1 Å². The molecule has 1 amide bonds. The molecule has 2 N–H and O–H groups in total. The molecule has 0 saturated carbocycles. The molecule has 0 saturated heterocycles. The van der Waals surface area contributed by atoms with Crippen LogP contribution in [0.15, 0.2) is 65.6 Å². The van der Waals surface area contributed by atoms with Crippen molar-refractivity contribution in [1.29, 1.82) is 0 Å². The fraction of sp³-hybridized carbons (Fsp3) is 0.259. The summed E-state index contributed by atoms with van der Waals surface area (Å²) in [5.41, 5.74) is 0.900. The first-order valence-electron chi connectivity index (χ1n) is 11.8. The van der Waals surface area contributed by atoms with Gasteiger partial charge in [0.05, 0.1) is 39.9 Å². The average molecular weight is 556 g/mol. The van der Waals surface area contributed by atoms with Gasteiger partial charge in [-0.2, -0.15) is 0 Å². The molecule has 206 valence electrons. The fourth-order valence-corrected chi connectivity index (χ4v) is 4.95. The fourth-order valence-electron chi connectivity index (χ4n) is 3.60. The Bertz CT molecular complexity index is 1530. The van der Waals surface area contributed by atoms with E-state index in [0.29, 0.717) is 5.56 Å². The molecule has 0 radical (unpaired) electrons. The van der Waals surface area contributed by atoms with Crippen LogP contribution in [0.4, 0.5) is 17.1 Å². The van der Waals surface area contributed by atoms with Gasteiger partial charge in [-0.25, -0.2) is 13.2 Å². The second kappa shape index (κ2) is 11.5. The number of hydrogen-bond donors (Lipinski definition) is 2. The van der Waals surface area contributed by atoms with Crippen LogP contribution < -0.4 is 14.8 Å². The Morgan fingerprint density at radius 1 is 1.00 bits per heavy atom. The van der Waals surface area contributed by atoms with Gasteiger partial charge in [0.1, 0.15) is 5.75 Å². The average Bonchev–Trinajstić information content (AvgIpc) is 2.87. The molecule has 0 heterocycles. The van der Waals surface area contributed by atoms with E-state index in [1.165, 1.54) is 37.4 Å². The number of carbonyl (C=O) groups is 2. The SMILES string of the molecule is COc1cc([N+](=O)[O-])ccc1NC(=O)COC(=O)c1ccccc1NS(=O)(=O)c1cc(C(C)(C)C)ccc1C. The molecule has 3 rings (SSSR count). The summed E-state index contributed by atoms with van der Waals surface area (Å²) < 4.78 is 39.2. The van der Waals surface area contributed by atoms with Crippen LogP contribution in [0.5, 0.6) is 5.75 Å². The number of amides is 1. The molecule has 12 heteroatoms. The Morgan fingerprint density at radius 2 is 1.69 bits per heavy atom. The zero-order valence-corrected chi connectivity index (χ0v) is 22.9. The number of sulfonamides is 1. The van der Waals surface area contributed by atoms with Crippen molar-refractivity contribution in [2.24, 2.45) is 0 Å². The van der Waals surface area contributed by atoms with Crippen LogP contribution in [0.3, 0.4) is 0 Å². The van der Waals surface area contributed by atoms with Gasteiger partial charge in [-0.05, 0) is 47.7 Å². The zero-order chi connectivity index (χ0) is 29.0. The number of ether oxygens (including phenoxy) is 2. The summed E-state index contributed by atoms with van der Waals surface area (Å²) in [5.74, 6) is -1.61. The summed E-state index contributed by atoms with van der Waals surface area (Å²) in [6.07, 6.45) is 0. The molecular formula is C27H29N3O8S. The van der Waals surface area contributed by atoms with Gasteiger partial charge in [0.15, 0.2) is 6.61 Å². The van der Waals surface area contributed by atoms with E-state index >= 15 is 0 Å². The van der Waals surface area contributed by atoms with Crippen LogP contribution in [0.2, 0.25) is 0 Å². The third kappa shape index (κ3) is 7.11. The lowest BCUT2D eigenvalue weighted by atomic mass is 9.87. The molecule has 0 bridgehead atoms. The van der Waals surface area contributed by atoms with Crippen molar-refractivity contribution in [3.8, 4) is 5.75 Å². The molecule has 0 fully saturated rings. The van der Waals surface area contributed by atoms with Gasteiger partial charge in [-0.3, -0.25) is 19.6 Å². The highest BCUT2D eigenvalue weighted by molar-refractivity contribution is 7.92. The lowest BCUT2D eigenvalue weighted by Gasteiger charge is -2.21. The van der Waals surface area contributed by atoms with Crippen molar-refractivity contribution >= 4 is 39.0 Å². The molecule has 0 unspecified atom stereocenters. The number of esters is 1. The molecule has 0 spiro atoms. The first-order valence-corrected chi connectivity index (χ1v) is 13.2. The highest BCUT2D eigenvalue weighted by atomic mass is 32.2. The summed E-state index contributed by atoms with van der Waals surface area (Å²) in [6, 6.07) is 14.7. The predicted molar refractivity (Wildman–Crippen MR) is 146 cm³/mol. The van der Waals surface area contributed by atoms with E-state index in [1.807, 2.05) is 26.8 Å². The number of carbonyl (C=O) groups excluding carboxylic acids is 2. The second-order valence-corrected chi connectivity index (χ2v) is 11.3. The number of aryl methyl sites for hydroxylation is 1. The Kier molecular flexibility index (Phi) is 8.60. The topological polar surface area (TPSA) is 154 Å². The summed E-state index contributed by atoms with van der Waals surface area (Å²) in [6.45, 7) is 6.90. The number of nitro benzene ring substituents is 1. The van der Waals surface area contributed by atoms with E-state index < -0.39 is 33.4 Å². The van der Waals surface area contributed by atoms with Gasteiger partial charge >= 0.3 is 5.97 Å². The van der Waals surface area contributed by atoms with E-state index in [4.69, 9.17) is 9.47 Å². The first-order chi connectivity index (χ1) is 18.2. The minimum atomic E-state index is -4.07. The van der Waals surface area contributed by atoms with E-state index in [1.54, 1.807) is 25.1 Å². The van der Waals surface area contributed by atoms with Crippen molar-refractivity contribution in [3.05, 3.63) is 87.5 Å². The minimum absolute atomic E-state index is 0.0134. The van der Waals surface area contributed by atoms with Gasteiger partial charge in [-0.15, -0.1) is 0 Å².